The summed E-state index contributed by atoms with van der Waals surface area (Å²) in [6.07, 6.45) is 0.306. The highest BCUT2D eigenvalue weighted by Crippen LogP contribution is 2.28. The van der Waals surface area contributed by atoms with Gasteiger partial charge in [-0.1, -0.05) is 43.3 Å². The molecule has 1 amide bonds. The van der Waals surface area contributed by atoms with Crippen LogP contribution in [-0.2, 0) is 15.0 Å². The van der Waals surface area contributed by atoms with Crippen molar-refractivity contribution < 1.29 is 23.8 Å². The van der Waals surface area contributed by atoms with Crippen molar-refractivity contribution in [3.63, 3.8) is 0 Å². The average Bonchev–Trinajstić information content (AvgIpc) is 2.64. The summed E-state index contributed by atoms with van der Waals surface area (Å²) in [7, 11) is 0. The van der Waals surface area contributed by atoms with E-state index >= 15 is 0 Å². The number of hydrogen-bond donors (Lipinski definition) is 2. The van der Waals surface area contributed by atoms with Crippen LogP contribution in [0.1, 0.15) is 24.5 Å². The van der Waals surface area contributed by atoms with Gasteiger partial charge >= 0.3 is 5.97 Å². The van der Waals surface area contributed by atoms with Crippen LogP contribution in [0.25, 0.3) is 0 Å². The Morgan fingerprint density at radius 1 is 1.19 bits per heavy atom. The number of hydrogen-bond acceptors (Lipinski definition) is 3. The van der Waals surface area contributed by atoms with Gasteiger partial charge in [0.15, 0.2) is 18.2 Å². The maximum Gasteiger partial charge on any atom is 0.315 e. The molecule has 0 heterocycles. The minimum Gasteiger partial charge on any atom is -0.481 e. The van der Waals surface area contributed by atoms with Crippen molar-refractivity contribution in [2.45, 2.75) is 25.7 Å². The molecule has 2 rings (SSSR count). The minimum atomic E-state index is -1.23. The second-order valence-corrected chi connectivity index (χ2v) is 6.11. The highest BCUT2D eigenvalue weighted by molar-refractivity contribution is 5.84. The molecule has 0 fully saturated rings. The van der Waals surface area contributed by atoms with E-state index in [-0.39, 0.29) is 12.3 Å². The molecule has 6 heteroatoms. The number of carboxylic acids is 1. The fourth-order valence-electron chi connectivity index (χ4n) is 2.70. The number of aryl methyl sites for hydroxylation is 1. The third-order valence-corrected chi connectivity index (χ3v) is 4.37. The molecule has 1 unspecified atom stereocenters. The molecule has 0 saturated carbocycles. The molecule has 2 aromatic rings. The second kappa shape index (κ2) is 8.47. The van der Waals surface area contributed by atoms with Gasteiger partial charge in [-0.15, -0.1) is 0 Å². The van der Waals surface area contributed by atoms with Crippen molar-refractivity contribution in [3.8, 4) is 5.75 Å². The largest absolute Gasteiger partial charge is 0.481 e. The van der Waals surface area contributed by atoms with Gasteiger partial charge in [-0.2, -0.15) is 0 Å². The van der Waals surface area contributed by atoms with E-state index in [1.165, 1.54) is 12.1 Å². The molecule has 0 aliphatic carbocycles. The number of halogens is 1. The van der Waals surface area contributed by atoms with Crippen LogP contribution in [0, 0.1) is 12.7 Å². The van der Waals surface area contributed by atoms with E-state index in [9.17, 15) is 19.1 Å². The number of carbonyl (C=O) groups excluding carboxylic acids is 1. The maximum atomic E-state index is 13.6. The highest BCUT2D eigenvalue weighted by atomic mass is 19.1. The number of benzene rings is 2. The Labute approximate surface area is 151 Å². The molecule has 5 nitrogen and oxygen atoms in total. The summed E-state index contributed by atoms with van der Waals surface area (Å²) in [4.78, 5) is 24.0. The summed E-state index contributed by atoms with van der Waals surface area (Å²) in [6, 6.07) is 13.1. The number of carbonyl (C=O) groups is 2. The molecule has 0 aromatic heterocycles. The first-order chi connectivity index (χ1) is 12.4. The quantitative estimate of drug-likeness (QED) is 0.760. The lowest BCUT2D eigenvalue weighted by atomic mass is 9.78. The Morgan fingerprint density at radius 3 is 2.50 bits per heavy atom. The van der Waals surface area contributed by atoms with E-state index in [4.69, 9.17) is 4.74 Å². The van der Waals surface area contributed by atoms with Gasteiger partial charge in [0.25, 0.3) is 5.91 Å². The summed E-state index contributed by atoms with van der Waals surface area (Å²) in [5, 5.41) is 12.3. The average molecular weight is 359 g/mol. The second-order valence-electron chi connectivity index (χ2n) is 6.11. The Balaban J connectivity index is 2.03. The van der Waals surface area contributed by atoms with E-state index in [1.54, 1.807) is 50.2 Å². The molecule has 1 atom stereocenters. The summed E-state index contributed by atoms with van der Waals surface area (Å²) < 4.78 is 18.9. The van der Waals surface area contributed by atoms with Crippen LogP contribution in [0.4, 0.5) is 4.39 Å². The van der Waals surface area contributed by atoms with E-state index in [2.05, 4.69) is 5.32 Å². The van der Waals surface area contributed by atoms with Crippen molar-refractivity contribution >= 4 is 11.9 Å². The fourth-order valence-corrected chi connectivity index (χ4v) is 2.70. The van der Waals surface area contributed by atoms with Crippen molar-refractivity contribution in [3.05, 3.63) is 65.5 Å². The first-order valence-electron chi connectivity index (χ1n) is 8.33. The summed E-state index contributed by atoms with van der Waals surface area (Å²) >= 11 is 0. The Hall–Kier alpha value is -2.89. The molecule has 2 aromatic carbocycles. The van der Waals surface area contributed by atoms with Gasteiger partial charge < -0.3 is 15.2 Å². The van der Waals surface area contributed by atoms with Gasteiger partial charge in [-0.25, -0.2) is 4.39 Å². The summed E-state index contributed by atoms with van der Waals surface area (Å²) in [6.45, 7) is 3.07. The molecule has 26 heavy (non-hydrogen) atoms. The number of aliphatic carboxylic acids is 1. The molecule has 0 aliphatic heterocycles. The van der Waals surface area contributed by atoms with Crippen LogP contribution in [0.3, 0.4) is 0 Å². The van der Waals surface area contributed by atoms with Crippen molar-refractivity contribution in [2.24, 2.45) is 0 Å². The van der Waals surface area contributed by atoms with Crippen LogP contribution in [0.2, 0.25) is 0 Å². The van der Waals surface area contributed by atoms with Gasteiger partial charge in [0, 0.05) is 6.54 Å². The van der Waals surface area contributed by atoms with Crippen molar-refractivity contribution in [1.82, 2.24) is 5.32 Å². The lowest BCUT2D eigenvalue weighted by molar-refractivity contribution is -0.144. The maximum absolute atomic E-state index is 13.6. The zero-order chi connectivity index (χ0) is 19.2. The van der Waals surface area contributed by atoms with Crippen LogP contribution in [0.5, 0.6) is 5.75 Å². The lowest BCUT2D eigenvalue weighted by Crippen LogP contribution is -2.47. The molecule has 0 saturated heterocycles. The minimum absolute atomic E-state index is 0.0109. The highest BCUT2D eigenvalue weighted by Gasteiger charge is 2.38. The van der Waals surface area contributed by atoms with E-state index in [0.717, 1.165) is 5.56 Å². The number of rotatable bonds is 8. The summed E-state index contributed by atoms with van der Waals surface area (Å²) in [5.74, 6) is -2.10. The van der Waals surface area contributed by atoms with Crippen molar-refractivity contribution in [1.29, 1.82) is 0 Å². The SMILES string of the molecule is CCC(CNC(=O)COc1cc(C)ccc1F)(C(=O)O)c1ccccc1. The Kier molecular flexibility index (Phi) is 6.33. The third kappa shape index (κ3) is 4.39. The zero-order valence-electron chi connectivity index (χ0n) is 14.8. The smallest absolute Gasteiger partial charge is 0.315 e. The van der Waals surface area contributed by atoms with E-state index in [1.807, 2.05) is 0 Å². The Bertz CT molecular complexity index is 779. The van der Waals surface area contributed by atoms with E-state index in [0.29, 0.717) is 12.0 Å². The van der Waals surface area contributed by atoms with Gasteiger partial charge in [0.05, 0.1) is 0 Å². The zero-order valence-corrected chi connectivity index (χ0v) is 14.8. The topological polar surface area (TPSA) is 75.6 Å². The van der Waals surface area contributed by atoms with Crippen LogP contribution in [-0.4, -0.2) is 30.1 Å². The molecule has 0 spiro atoms. The molecule has 0 bridgehead atoms. The predicted octanol–water partition coefficient (Wildman–Crippen LogP) is 3.06. The van der Waals surface area contributed by atoms with Gasteiger partial charge in [0.1, 0.15) is 5.41 Å². The fraction of sp³-hybridized carbons (Fsp3) is 0.300. The Morgan fingerprint density at radius 2 is 1.88 bits per heavy atom. The molecular weight excluding hydrogens is 337 g/mol. The number of carboxylic acid groups (broad SMARTS) is 1. The molecule has 2 N–H and O–H groups in total. The van der Waals surface area contributed by atoms with Gasteiger partial charge in [-0.3, -0.25) is 9.59 Å². The first-order valence-corrected chi connectivity index (χ1v) is 8.33. The molecule has 0 radical (unpaired) electrons. The molecule has 138 valence electrons. The monoisotopic (exact) mass is 359 g/mol. The molecular formula is C20H22FNO4. The summed E-state index contributed by atoms with van der Waals surface area (Å²) in [5.41, 5.74) is 0.189. The first kappa shape index (κ1) is 19.4. The van der Waals surface area contributed by atoms with Crippen LogP contribution >= 0.6 is 0 Å². The van der Waals surface area contributed by atoms with Crippen LogP contribution < -0.4 is 10.1 Å². The normalized spacial score (nSPS) is 12.9. The standard InChI is InChI=1S/C20H22FNO4/c1-3-20(19(24)25,15-7-5-4-6-8-15)13-22-18(23)12-26-17-11-14(2)9-10-16(17)21/h4-11H,3,12-13H2,1-2H3,(H,22,23)(H,24,25). The van der Waals surface area contributed by atoms with Gasteiger partial charge in [-0.05, 0) is 36.6 Å². The third-order valence-electron chi connectivity index (χ3n) is 4.37. The lowest BCUT2D eigenvalue weighted by Gasteiger charge is -2.29. The molecule has 0 aliphatic rings. The number of nitrogens with one attached hydrogen (secondary N) is 1. The van der Waals surface area contributed by atoms with Crippen molar-refractivity contribution in [2.75, 3.05) is 13.2 Å². The number of amides is 1. The predicted molar refractivity (Wildman–Crippen MR) is 95.7 cm³/mol. The van der Waals surface area contributed by atoms with E-state index < -0.39 is 29.7 Å². The number of ether oxygens (including phenoxy) is 1. The van der Waals surface area contributed by atoms with Crippen LogP contribution in [0.15, 0.2) is 48.5 Å². The van der Waals surface area contributed by atoms with Gasteiger partial charge in [0.2, 0.25) is 0 Å².